The van der Waals surface area contributed by atoms with Gasteiger partial charge in [-0.1, -0.05) is 48.1 Å². The molecular weight excluding hydrogens is 254 g/mol. The van der Waals surface area contributed by atoms with E-state index < -0.39 is 0 Å². The fourth-order valence-corrected chi connectivity index (χ4v) is 2.92. The summed E-state index contributed by atoms with van der Waals surface area (Å²) in [5, 5.41) is 14.1. The highest BCUT2D eigenvalue weighted by Gasteiger charge is 2.10. The fourth-order valence-electron chi connectivity index (χ4n) is 2.06. The SMILES string of the molecule is CCNC(C)c1nnc(CCc2cccc(C)c2)s1. The molecule has 4 heteroatoms. The Morgan fingerprint density at radius 3 is 2.84 bits per heavy atom. The van der Waals surface area contributed by atoms with E-state index in [2.05, 4.69) is 60.6 Å². The second-order valence-corrected chi connectivity index (χ2v) is 5.90. The molecule has 0 aliphatic heterocycles. The van der Waals surface area contributed by atoms with E-state index in [1.807, 2.05) is 0 Å². The van der Waals surface area contributed by atoms with Gasteiger partial charge in [0, 0.05) is 6.42 Å². The average Bonchev–Trinajstić information content (AvgIpc) is 2.86. The Hall–Kier alpha value is -1.26. The predicted molar refractivity (Wildman–Crippen MR) is 80.6 cm³/mol. The summed E-state index contributed by atoms with van der Waals surface area (Å²) in [5.74, 6) is 0. The third-order valence-corrected chi connectivity index (χ3v) is 4.24. The van der Waals surface area contributed by atoms with Crippen molar-refractivity contribution in [1.82, 2.24) is 15.5 Å². The molecule has 0 fully saturated rings. The minimum Gasteiger partial charge on any atom is -0.308 e. The van der Waals surface area contributed by atoms with Crippen LogP contribution in [0.25, 0.3) is 0 Å². The highest BCUT2D eigenvalue weighted by atomic mass is 32.1. The van der Waals surface area contributed by atoms with Crippen LogP contribution in [0.15, 0.2) is 24.3 Å². The molecule has 102 valence electrons. The molecule has 1 aromatic heterocycles. The third-order valence-electron chi connectivity index (χ3n) is 3.07. The van der Waals surface area contributed by atoms with Gasteiger partial charge in [0.25, 0.3) is 0 Å². The van der Waals surface area contributed by atoms with Crippen molar-refractivity contribution >= 4 is 11.3 Å². The van der Waals surface area contributed by atoms with Gasteiger partial charge >= 0.3 is 0 Å². The molecular formula is C15H21N3S. The monoisotopic (exact) mass is 275 g/mol. The molecule has 0 amide bonds. The van der Waals surface area contributed by atoms with Crippen LogP contribution in [0, 0.1) is 6.92 Å². The van der Waals surface area contributed by atoms with Gasteiger partial charge in [-0.2, -0.15) is 0 Å². The molecule has 19 heavy (non-hydrogen) atoms. The molecule has 0 aliphatic rings. The van der Waals surface area contributed by atoms with Gasteiger partial charge in [-0.3, -0.25) is 0 Å². The first-order valence-corrected chi connectivity index (χ1v) is 7.62. The molecule has 3 nitrogen and oxygen atoms in total. The lowest BCUT2D eigenvalue weighted by atomic mass is 10.1. The van der Waals surface area contributed by atoms with Crippen LogP contribution in [0.2, 0.25) is 0 Å². The Kier molecular flexibility index (Phi) is 5.05. The Labute approximate surface area is 119 Å². The summed E-state index contributed by atoms with van der Waals surface area (Å²) in [6.07, 6.45) is 2.01. The number of aromatic nitrogens is 2. The minimum atomic E-state index is 0.301. The number of nitrogens with zero attached hydrogens (tertiary/aromatic N) is 2. The van der Waals surface area contributed by atoms with E-state index in [0.717, 1.165) is 29.4 Å². The fraction of sp³-hybridized carbons (Fsp3) is 0.467. The molecule has 2 rings (SSSR count). The topological polar surface area (TPSA) is 37.8 Å². The minimum absolute atomic E-state index is 0.301. The lowest BCUT2D eigenvalue weighted by Gasteiger charge is -2.06. The molecule has 2 aromatic rings. The van der Waals surface area contributed by atoms with Crippen molar-refractivity contribution in [3.63, 3.8) is 0 Å². The van der Waals surface area contributed by atoms with Gasteiger partial charge in [0.2, 0.25) is 0 Å². The molecule has 1 unspecified atom stereocenters. The van der Waals surface area contributed by atoms with Crippen molar-refractivity contribution < 1.29 is 0 Å². The van der Waals surface area contributed by atoms with Gasteiger partial charge in [-0.05, 0) is 32.4 Å². The van der Waals surface area contributed by atoms with Crippen LogP contribution in [0.3, 0.4) is 0 Å². The van der Waals surface area contributed by atoms with Gasteiger partial charge < -0.3 is 5.32 Å². The molecule has 0 spiro atoms. The van der Waals surface area contributed by atoms with Crippen molar-refractivity contribution in [2.24, 2.45) is 0 Å². The van der Waals surface area contributed by atoms with Crippen LogP contribution in [0.4, 0.5) is 0 Å². The quantitative estimate of drug-likeness (QED) is 0.879. The maximum atomic E-state index is 4.29. The van der Waals surface area contributed by atoms with Crippen LogP contribution in [0.5, 0.6) is 0 Å². The summed E-state index contributed by atoms with van der Waals surface area (Å²) in [4.78, 5) is 0. The van der Waals surface area contributed by atoms with Crippen LogP contribution >= 0.6 is 11.3 Å². The Bertz CT molecular complexity index is 522. The molecule has 0 aliphatic carbocycles. The summed E-state index contributed by atoms with van der Waals surface area (Å²) < 4.78 is 0. The molecule has 0 saturated carbocycles. The van der Waals surface area contributed by atoms with E-state index >= 15 is 0 Å². The summed E-state index contributed by atoms with van der Waals surface area (Å²) in [7, 11) is 0. The Morgan fingerprint density at radius 1 is 1.26 bits per heavy atom. The Morgan fingerprint density at radius 2 is 2.11 bits per heavy atom. The molecule has 1 aromatic carbocycles. The van der Waals surface area contributed by atoms with Crippen LogP contribution in [0.1, 0.15) is 41.0 Å². The summed E-state index contributed by atoms with van der Waals surface area (Å²) in [6.45, 7) is 7.33. The predicted octanol–water partition coefficient (Wildman–Crippen LogP) is 3.30. The smallest absolute Gasteiger partial charge is 0.134 e. The maximum absolute atomic E-state index is 4.29. The molecule has 0 radical (unpaired) electrons. The molecule has 1 heterocycles. The van der Waals surface area contributed by atoms with E-state index in [9.17, 15) is 0 Å². The first-order chi connectivity index (χ1) is 9.19. The van der Waals surface area contributed by atoms with Crippen molar-refractivity contribution in [2.45, 2.75) is 39.7 Å². The van der Waals surface area contributed by atoms with E-state index in [1.165, 1.54) is 11.1 Å². The number of benzene rings is 1. The maximum Gasteiger partial charge on any atom is 0.134 e. The second kappa shape index (κ2) is 6.78. The van der Waals surface area contributed by atoms with Gasteiger partial charge in [-0.15, -0.1) is 10.2 Å². The van der Waals surface area contributed by atoms with E-state index in [1.54, 1.807) is 11.3 Å². The number of rotatable bonds is 6. The highest BCUT2D eigenvalue weighted by molar-refractivity contribution is 7.11. The standard InChI is InChI=1S/C15H21N3S/c1-4-16-12(3)15-18-17-14(19-15)9-8-13-7-5-6-11(2)10-13/h5-7,10,12,16H,4,8-9H2,1-3H3. The molecule has 1 N–H and O–H groups in total. The largest absolute Gasteiger partial charge is 0.308 e. The third kappa shape index (κ3) is 4.11. The van der Waals surface area contributed by atoms with Gasteiger partial charge in [0.1, 0.15) is 10.0 Å². The van der Waals surface area contributed by atoms with Gasteiger partial charge in [-0.25, -0.2) is 0 Å². The van der Waals surface area contributed by atoms with Crippen LogP contribution in [-0.4, -0.2) is 16.7 Å². The van der Waals surface area contributed by atoms with Crippen molar-refractivity contribution in [2.75, 3.05) is 6.54 Å². The van der Waals surface area contributed by atoms with Gasteiger partial charge in [0.15, 0.2) is 0 Å². The summed E-state index contributed by atoms with van der Waals surface area (Å²) >= 11 is 1.72. The first kappa shape index (κ1) is 14.2. The van der Waals surface area contributed by atoms with E-state index in [-0.39, 0.29) is 0 Å². The molecule has 1 atom stereocenters. The van der Waals surface area contributed by atoms with Crippen LogP contribution < -0.4 is 5.32 Å². The zero-order valence-electron chi connectivity index (χ0n) is 11.8. The zero-order valence-corrected chi connectivity index (χ0v) is 12.6. The normalized spacial score (nSPS) is 12.6. The lowest BCUT2D eigenvalue weighted by molar-refractivity contribution is 0.589. The number of hydrogen-bond donors (Lipinski definition) is 1. The first-order valence-electron chi connectivity index (χ1n) is 6.80. The number of nitrogens with one attached hydrogen (secondary N) is 1. The summed E-state index contributed by atoms with van der Waals surface area (Å²) in [6, 6.07) is 8.96. The van der Waals surface area contributed by atoms with Crippen molar-refractivity contribution in [3.05, 3.63) is 45.4 Å². The average molecular weight is 275 g/mol. The van der Waals surface area contributed by atoms with Crippen molar-refractivity contribution in [1.29, 1.82) is 0 Å². The molecule has 0 bridgehead atoms. The van der Waals surface area contributed by atoms with Crippen molar-refractivity contribution in [3.8, 4) is 0 Å². The molecule has 0 saturated heterocycles. The zero-order chi connectivity index (χ0) is 13.7. The van der Waals surface area contributed by atoms with E-state index in [0.29, 0.717) is 6.04 Å². The van der Waals surface area contributed by atoms with Gasteiger partial charge in [0.05, 0.1) is 6.04 Å². The van der Waals surface area contributed by atoms with E-state index in [4.69, 9.17) is 0 Å². The Balaban J connectivity index is 1.93. The summed E-state index contributed by atoms with van der Waals surface area (Å²) in [5.41, 5.74) is 2.69. The highest BCUT2D eigenvalue weighted by Crippen LogP contribution is 2.19. The van der Waals surface area contributed by atoms with Crippen LogP contribution in [-0.2, 0) is 12.8 Å². The number of aryl methyl sites for hydroxylation is 3. The second-order valence-electron chi connectivity index (χ2n) is 4.80. The number of hydrogen-bond acceptors (Lipinski definition) is 4. The lowest BCUT2D eigenvalue weighted by Crippen LogP contribution is -2.17.